The molecule has 0 saturated heterocycles. The van der Waals surface area contributed by atoms with Crippen LogP contribution in [0.1, 0.15) is 11.1 Å². The van der Waals surface area contributed by atoms with Crippen LogP contribution in [-0.4, -0.2) is 20.3 Å². The molecule has 0 spiro atoms. The number of hydrogen-bond donors (Lipinski definition) is 1. The molecule has 0 fully saturated rings. The van der Waals surface area contributed by atoms with Crippen molar-refractivity contribution in [3.8, 4) is 5.75 Å². The highest BCUT2D eigenvalue weighted by molar-refractivity contribution is 6.31. The molecule has 0 unspecified atom stereocenters. The van der Waals surface area contributed by atoms with Gasteiger partial charge in [-0.05, 0) is 29.0 Å². The standard InChI is InChI=1S/C21H21ClFNO2/c1-25-12-11-24-13-17-16-6-3-2-5-15(16)9-10-21(17)26-14-18-19(22)7-4-8-20(18)23/h2-10,24H,11-14H2,1H3. The molecule has 3 aromatic rings. The van der Waals surface area contributed by atoms with Gasteiger partial charge >= 0.3 is 0 Å². The van der Waals surface area contributed by atoms with Crippen LogP contribution in [0.4, 0.5) is 4.39 Å². The maximum Gasteiger partial charge on any atom is 0.131 e. The second kappa shape index (κ2) is 8.99. The molecule has 3 aromatic carbocycles. The van der Waals surface area contributed by atoms with Crippen LogP contribution in [0.2, 0.25) is 5.02 Å². The van der Waals surface area contributed by atoms with Gasteiger partial charge in [-0.15, -0.1) is 0 Å². The summed E-state index contributed by atoms with van der Waals surface area (Å²) < 4.78 is 25.0. The maximum absolute atomic E-state index is 14.0. The molecule has 3 rings (SSSR count). The van der Waals surface area contributed by atoms with Crippen LogP contribution in [0, 0.1) is 5.82 Å². The topological polar surface area (TPSA) is 30.5 Å². The van der Waals surface area contributed by atoms with Crippen molar-refractivity contribution < 1.29 is 13.9 Å². The van der Waals surface area contributed by atoms with Gasteiger partial charge in [0.05, 0.1) is 11.6 Å². The Labute approximate surface area is 157 Å². The molecular formula is C21H21ClFNO2. The van der Waals surface area contributed by atoms with Crippen molar-refractivity contribution in [2.75, 3.05) is 20.3 Å². The fraction of sp³-hybridized carbons (Fsp3) is 0.238. The van der Waals surface area contributed by atoms with Crippen LogP contribution in [0.25, 0.3) is 10.8 Å². The molecule has 136 valence electrons. The van der Waals surface area contributed by atoms with Gasteiger partial charge in [-0.1, -0.05) is 48.0 Å². The van der Waals surface area contributed by atoms with Crippen LogP contribution >= 0.6 is 11.6 Å². The zero-order chi connectivity index (χ0) is 18.4. The molecule has 0 aliphatic rings. The number of hydrogen-bond acceptors (Lipinski definition) is 3. The number of rotatable bonds is 8. The van der Waals surface area contributed by atoms with E-state index in [2.05, 4.69) is 17.4 Å². The van der Waals surface area contributed by atoms with Gasteiger partial charge in [-0.25, -0.2) is 4.39 Å². The van der Waals surface area contributed by atoms with Gasteiger partial charge < -0.3 is 14.8 Å². The van der Waals surface area contributed by atoms with Crippen LogP contribution in [0.15, 0.2) is 54.6 Å². The Kier molecular flexibility index (Phi) is 6.45. The summed E-state index contributed by atoms with van der Waals surface area (Å²) in [5.74, 6) is 0.353. The van der Waals surface area contributed by atoms with E-state index in [1.165, 1.54) is 6.07 Å². The summed E-state index contributed by atoms with van der Waals surface area (Å²) in [6.07, 6.45) is 0. The van der Waals surface area contributed by atoms with Gasteiger partial charge in [0, 0.05) is 31.3 Å². The van der Waals surface area contributed by atoms with E-state index < -0.39 is 0 Å². The molecule has 0 atom stereocenters. The number of halogens is 2. The molecule has 0 amide bonds. The third-order valence-corrected chi connectivity index (χ3v) is 4.57. The first-order chi connectivity index (χ1) is 12.7. The van der Waals surface area contributed by atoms with Crippen molar-refractivity contribution in [2.24, 2.45) is 0 Å². The molecule has 26 heavy (non-hydrogen) atoms. The van der Waals surface area contributed by atoms with Gasteiger partial charge in [-0.2, -0.15) is 0 Å². The van der Waals surface area contributed by atoms with E-state index in [-0.39, 0.29) is 12.4 Å². The minimum Gasteiger partial charge on any atom is -0.488 e. The largest absolute Gasteiger partial charge is 0.488 e. The second-order valence-electron chi connectivity index (χ2n) is 5.92. The number of nitrogens with one attached hydrogen (secondary N) is 1. The van der Waals surface area contributed by atoms with Crippen molar-refractivity contribution in [3.05, 3.63) is 76.6 Å². The average Bonchev–Trinajstić information content (AvgIpc) is 2.65. The lowest BCUT2D eigenvalue weighted by atomic mass is 10.0. The molecule has 1 N–H and O–H groups in total. The highest BCUT2D eigenvalue weighted by Crippen LogP contribution is 2.30. The lowest BCUT2D eigenvalue weighted by Crippen LogP contribution is -2.19. The molecule has 0 radical (unpaired) electrons. The van der Waals surface area contributed by atoms with Crippen molar-refractivity contribution in [1.29, 1.82) is 0 Å². The Morgan fingerprint density at radius 3 is 2.65 bits per heavy atom. The molecule has 0 bridgehead atoms. The predicted molar refractivity (Wildman–Crippen MR) is 103 cm³/mol. The Balaban J connectivity index is 1.86. The minimum atomic E-state index is -0.363. The Morgan fingerprint density at radius 2 is 1.85 bits per heavy atom. The lowest BCUT2D eigenvalue weighted by molar-refractivity contribution is 0.199. The second-order valence-corrected chi connectivity index (χ2v) is 6.33. The molecule has 0 saturated carbocycles. The van der Waals surface area contributed by atoms with Crippen molar-refractivity contribution in [1.82, 2.24) is 5.32 Å². The maximum atomic E-state index is 14.0. The first-order valence-corrected chi connectivity index (χ1v) is 8.84. The van der Waals surface area contributed by atoms with Gasteiger partial charge in [0.25, 0.3) is 0 Å². The normalized spacial score (nSPS) is 11.0. The van der Waals surface area contributed by atoms with Gasteiger partial charge in [0.1, 0.15) is 18.2 Å². The van der Waals surface area contributed by atoms with Crippen LogP contribution in [-0.2, 0) is 17.9 Å². The van der Waals surface area contributed by atoms with E-state index in [4.69, 9.17) is 21.1 Å². The van der Waals surface area contributed by atoms with E-state index in [0.29, 0.717) is 29.5 Å². The fourth-order valence-corrected chi connectivity index (χ4v) is 3.06. The SMILES string of the molecule is COCCNCc1c(OCc2c(F)cccc2Cl)ccc2ccccc12. The fourth-order valence-electron chi connectivity index (χ4n) is 2.84. The summed E-state index contributed by atoms with van der Waals surface area (Å²) in [6.45, 7) is 2.07. The van der Waals surface area contributed by atoms with Crippen LogP contribution in [0.3, 0.4) is 0 Å². The number of benzene rings is 3. The van der Waals surface area contributed by atoms with E-state index in [9.17, 15) is 4.39 Å². The molecule has 5 heteroatoms. The molecule has 3 nitrogen and oxygen atoms in total. The number of ether oxygens (including phenoxy) is 2. The van der Waals surface area contributed by atoms with Gasteiger partial charge in [0.2, 0.25) is 0 Å². The zero-order valence-electron chi connectivity index (χ0n) is 14.6. The van der Waals surface area contributed by atoms with E-state index in [1.807, 2.05) is 24.3 Å². The van der Waals surface area contributed by atoms with E-state index >= 15 is 0 Å². The first kappa shape index (κ1) is 18.6. The Hall–Kier alpha value is -2.14. The highest BCUT2D eigenvalue weighted by atomic mass is 35.5. The third kappa shape index (κ3) is 4.33. The quantitative estimate of drug-likeness (QED) is 0.567. The molecule has 0 heterocycles. The summed E-state index contributed by atoms with van der Waals surface area (Å²) in [5, 5.41) is 5.96. The van der Waals surface area contributed by atoms with Crippen LogP contribution in [0.5, 0.6) is 5.75 Å². The molecule has 0 aliphatic carbocycles. The van der Waals surface area contributed by atoms with Crippen molar-refractivity contribution >= 4 is 22.4 Å². The summed E-state index contributed by atoms with van der Waals surface area (Å²) >= 11 is 6.10. The number of fused-ring (bicyclic) bond motifs is 1. The lowest BCUT2D eigenvalue weighted by Gasteiger charge is -2.16. The molecular weight excluding hydrogens is 353 g/mol. The average molecular weight is 374 g/mol. The minimum absolute atomic E-state index is 0.0783. The molecule has 0 aliphatic heterocycles. The van der Waals surface area contributed by atoms with E-state index in [0.717, 1.165) is 22.9 Å². The Morgan fingerprint density at radius 1 is 1.00 bits per heavy atom. The van der Waals surface area contributed by atoms with Gasteiger partial charge in [-0.3, -0.25) is 0 Å². The predicted octanol–water partition coefficient (Wildman–Crippen LogP) is 4.95. The molecule has 0 aromatic heterocycles. The number of methoxy groups -OCH3 is 1. The van der Waals surface area contributed by atoms with Gasteiger partial charge in [0.15, 0.2) is 0 Å². The highest BCUT2D eigenvalue weighted by Gasteiger charge is 2.12. The summed E-state index contributed by atoms with van der Waals surface area (Å²) in [5.41, 5.74) is 1.40. The van der Waals surface area contributed by atoms with Crippen molar-refractivity contribution in [3.63, 3.8) is 0 Å². The zero-order valence-corrected chi connectivity index (χ0v) is 15.4. The summed E-state index contributed by atoms with van der Waals surface area (Å²) in [6, 6.07) is 16.7. The third-order valence-electron chi connectivity index (χ3n) is 4.22. The smallest absolute Gasteiger partial charge is 0.131 e. The summed E-state index contributed by atoms with van der Waals surface area (Å²) in [4.78, 5) is 0. The summed E-state index contributed by atoms with van der Waals surface area (Å²) in [7, 11) is 1.67. The van der Waals surface area contributed by atoms with Crippen LogP contribution < -0.4 is 10.1 Å². The van der Waals surface area contributed by atoms with E-state index in [1.54, 1.807) is 19.2 Å². The first-order valence-electron chi connectivity index (χ1n) is 8.46. The van der Waals surface area contributed by atoms with Crippen molar-refractivity contribution in [2.45, 2.75) is 13.2 Å². The monoisotopic (exact) mass is 373 g/mol. The Bertz CT molecular complexity index is 865.